The average Bonchev–Trinajstić information content (AvgIpc) is 2.49. The van der Waals surface area contributed by atoms with E-state index in [1.807, 2.05) is 37.5 Å². The summed E-state index contributed by atoms with van der Waals surface area (Å²) in [5.74, 6) is 0.166. The van der Waals surface area contributed by atoms with Crippen molar-refractivity contribution in [3.8, 4) is 0 Å². The van der Waals surface area contributed by atoms with E-state index in [0.29, 0.717) is 13.1 Å². The highest BCUT2D eigenvalue weighted by molar-refractivity contribution is 5.78. The number of likely N-dealkylation sites (tertiary alicyclic amines) is 1. The van der Waals surface area contributed by atoms with E-state index in [1.54, 1.807) is 0 Å². The summed E-state index contributed by atoms with van der Waals surface area (Å²) in [6.07, 6.45) is 0.538. The van der Waals surface area contributed by atoms with E-state index in [1.165, 1.54) is 0 Å². The van der Waals surface area contributed by atoms with Gasteiger partial charge in [0.25, 0.3) is 0 Å². The second-order valence-corrected chi connectivity index (χ2v) is 5.17. The maximum atomic E-state index is 12.1. The third-order valence-corrected chi connectivity index (χ3v) is 3.01. The van der Waals surface area contributed by atoms with E-state index < -0.39 is 0 Å². The minimum Gasteiger partial charge on any atom is -0.392 e. The Morgan fingerprint density at radius 2 is 1.94 bits per heavy atom. The van der Waals surface area contributed by atoms with Gasteiger partial charge in [0.15, 0.2) is 0 Å². The van der Waals surface area contributed by atoms with Crippen LogP contribution in [-0.4, -0.2) is 58.6 Å². The zero-order valence-corrected chi connectivity index (χ0v) is 10.8. The minimum atomic E-state index is -0.251. The molecule has 1 aliphatic rings. The molecule has 1 heterocycles. The van der Waals surface area contributed by atoms with Crippen molar-refractivity contribution in [1.29, 1.82) is 0 Å². The molecule has 1 saturated heterocycles. The van der Waals surface area contributed by atoms with Crippen LogP contribution in [0.15, 0.2) is 0 Å². The summed E-state index contributed by atoms with van der Waals surface area (Å²) in [6, 6.07) is 0.472. The van der Waals surface area contributed by atoms with Crippen LogP contribution in [0.2, 0.25) is 0 Å². The highest BCUT2D eigenvalue weighted by atomic mass is 16.3. The number of amides is 1. The Labute approximate surface area is 98.2 Å². The number of hydrogen-bond donors (Lipinski definition) is 1. The van der Waals surface area contributed by atoms with Gasteiger partial charge in [-0.2, -0.15) is 0 Å². The number of hydrogen-bond acceptors (Lipinski definition) is 3. The highest BCUT2D eigenvalue weighted by Crippen LogP contribution is 2.11. The number of aliphatic hydroxyl groups is 1. The zero-order valence-electron chi connectivity index (χ0n) is 10.8. The first-order valence-corrected chi connectivity index (χ1v) is 6.13. The van der Waals surface area contributed by atoms with E-state index in [0.717, 1.165) is 13.0 Å². The predicted molar refractivity (Wildman–Crippen MR) is 64.2 cm³/mol. The third-order valence-electron chi connectivity index (χ3n) is 3.01. The third kappa shape index (κ3) is 3.46. The van der Waals surface area contributed by atoms with Crippen LogP contribution in [0.25, 0.3) is 0 Å². The minimum absolute atomic E-state index is 0.166. The van der Waals surface area contributed by atoms with Crippen LogP contribution in [0.5, 0.6) is 0 Å². The Kier molecular flexibility index (Phi) is 4.74. The Morgan fingerprint density at radius 1 is 1.38 bits per heavy atom. The van der Waals surface area contributed by atoms with Crippen LogP contribution < -0.4 is 0 Å². The van der Waals surface area contributed by atoms with Gasteiger partial charge in [0.1, 0.15) is 0 Å². The molecule has 0 aromatic carbocycles. The number of nitrogens with zero attached hydrogens (tertiary/aromatic N) is 2. The molecule has 16 heavy (non-hydrogen) atoms. The molecule has 1 atom stereocenters. The summed E-state index contributed by atoms with van der Waals surface area (Å²) in [6.45, 7) is 10.1. The zero-order chi connectivity index (χ0) is 12.3. The fourth-order valence-electron chi connectivity index (χ4n) is 2.40. The van der Waals surface area contributed by atoms with Gasteiger partial charge in [-0.05, 0) is 34.1 Å². The van der Waals surface area contributed by atoms with Crippen LogP contribution in [0.4, 0.5) is 0 Å². The monoisotopic (exact) mass is 228 g/mol. The molecule has 0 unspecified atom stereocenters. The molecule has 0 bridgehead atoms. The molecular weight excluding hydrogens is 204 g/mol. The lowest BCUT2D eigenvalue weighted by Gasteiger charge is -2.32. The summed E-state index contributed by atoms with van der Waals surface area (Å²) in [4.78, 5) is 16.0. The van der Waals surface area contributed by atoms with Gasteiger partial charge in [-0.1, -0.05) is 0 Å². The molecule has 1 aliphatic heterocycles. The number of carbonyl (C=O) groups is 1. The van der Waals surface area contributed by atoms with Crippen molar-refractivity contribution in [2.75, 3.05) is 19.6 Å². The molecule has 4 nitrogen and oxygen atoms in total. The molecule has 1 rings (SSSR count). The van der Waals surface area contributed by atoms with Crippen molar-refractivity contribution >= 4 is 5.91 Å². The summed E-state index contributed by atoms with van der Waals surface area (Å²) in [5, 5.41) is 9.40. The first-order valence-electron chi connectivity index (χ1n) is 6.13. The van der Waals surface area contributed by atoms with E-state index >= 15 is 0 Å². The van der Waals surface area contributed by atoms with Gasteiger partial charge in [0.05, 0.1) is 12.6 Å². The topological polar surface area (TPSA) is 43.8 Å². The van der Waals surface area contributed by atoms with E-state index in [-0.39, 0.29) is 24.1 Å². The normalized spacial score (nSPS) is 22.1. The standard InChI is InChI=1S/C12H24N2O2/c1-9(2)14(10(3)4)12(16)8-13-6-5-11(15)7-13/h9-11,15H,5-8H2,1-4H3/t11-/m0/s1. The summed E-state index contributed by atoms with van der Waals surface area (Å²) in [7, 11) is 0. The van der Waals surface area contributed by atoms with E-state index in [2.05, 4.69) is 0 Å². The Balaban J connectivity index is 2.49. The van der Waals surface area contributed by atoms with Crippen molar-refractivity contribution in [1.82, 2.24) is 9.80 Å². The van der Waals surface area contributed by atoms with Crippen LogP contribution in [0.3, 0.4) is 0 Å². The molecule has 0 saturated carbocycles. The fourth-order valence-corrected chi connectivity index (χ4v) is 2.40. The lowest BCUT2D eigenvalue weighted by Crippen LogP contribution is -2.46. The number of β-amino-alcohol motifs (C(OH)–C–C–N with tert-alkyl or cyclic N) is 1. The van der Waals surface area contributed by atoms with Crippen LogP contribution in [0.1, 0.15) is 34.1 Å². The molecule has 0 radical (unpaired) electrons. The molecule has 1 amide bonds. The Morgan fingerprint density at radius 3 is 2.31 bits per heavy atom. The maximum absolute atomic E-state index is 12.1. The second-order valence-electron chi connectivity index (χ2n) is 5.17. The first kappa shape index (κ1) is 13.5. The number of carbonyl (C=O) groups excluding carboxylic acids is 1. The van der Waals surface area contributed by atoms with Crippen molar-refractivity contribution in [2.45, 2.75) is 52.3 Å². The van der Waals surface area contributed by atoms with Crippen LogP contribution >= 0.6 is 0 Å². The lowest BCUT2D eigenvalue weighted by molar-refractivity contribution is -0.135. The van der Waals surface area contributed by atoms with E-state index in [9.17, 15) is 9.90 Å². The predicted octanol–water partition coefficient (Wildman–Crippen LogP) is 0.698. The molecule has 1 fully saturated rings. The number of rotatable bonds is 4. The maximum Gasteiger partial charge on any atom is 0.237 e. The highest BCUT2D eigenvalue weighted by Gasteiger charge is 2.26. The molecule has 0 aromatic rings. The SMILES string of the molecule is CC(C)N(C(=O)CN1CC[C@H](O)C1)C(C)C. The van der Waals surface area contributed by atoms with Gasteiger partial charge in [-0.3, -0.25) is 9.69 Å². The van der Waals surface area contributed by atoms with Crippen molar-refractivity contribution < 1.29 is 9.90 Å². The van der Waals surface area contributed by atoms with Gasteiger partial charge in [-0.25, -0.2) is 0 Å². The van der Waals surface area contributed by atoms with Crippen molar-refractivity contribution in [2.24, 2.45) is 0 Å². The smallest absolute Gasteiger partial charge is 0.237 e. The Hall–Kier alpha value is -0.610. The molecule has 0 spiro atoms. The quantitative estimate of drug-likeness (QED) is 0.770. The summed E-state index contributed by atoms with van der Waals surface area (Å²) in [5.41, 5.74) is 0. The van der Waals surface area contributed by atoms with Gasteiger partial charge >= 0.3 is 0 Å². The molecule has 1 N–H and O–H groups in total. The molecule has 94 valence electrons. The van der Waals surface area contributed by atoms with Gasteiger partial charge in [-0.15, -0.1) is 0 Å². The lowest BCUT2D eigenvalue weighted by atomic mass is 10.2. The Bertz CT molecular complexity index is 233. The van der Waals surface area contributed by atoms with Gasteiger partial charge in [0, 0.05) is 25.2 Å². The molecular formula is C12H24N2O2. The largest absolute Gasteiger partial charge is 0.392 e. The van der Waals surface area contributed by atoms with Crippen molar-refractivity contribution in [3.05, 3.63) is 0 Å². The number of aliphatic hydroxyl groups excluding tert-OH is 1. The molecule has 0 aromatic heterocycles. The van der Waals surface area contributed by atoms with Crippen LogP contribution in [0, 0.1) is 0 Å². The molecule has 0 aliphatic carbocycles. The molecule has 4 heteroatoms. The average molecular weight is 228 g/mol. The van der Waals surface area contributed by atoms with Gasteiger partial charge in [0.2, 0.25) is 5.91 Å². The second kappa shape index (κ2) is 5.64. The fraction of sp³-hybridized carbons (Fsp3) is 0.917. The van der Waals surface area contributed by atoms with Crippen molar-refractivity contribution in [3.63, 3.8) is 0 Å². The van der Waals surface area contributed by atoms with Gasteiger partial charge < -0.3 is 10.0 Å². The van der Waals surface area contributed by atoms with E-state index in [4.69, 9.17) is 0 Å². The van der Waals surface area contributed by atoms with Crippen LogP contribution in [-0.2, 0) is 4.79 Å². The first-order chi connectivity index (χ1) is 7.41. The summed E-state index contributed by atoms with van der Waals surface area (Å²) < 4.78 is 0. The summed E-state index contributed by atoms with van der Waals surface area (Å²) >= 11 is 0.